The molecule has 0 aliphatic carbocycles. The van der Waals surface area contributed by atoms with Crippen LogP contribution in [0.1, 0.15) is 25.5 Å². The quantitative estimate of drug-likeness (QED) is 0.401. The minimum Gasteiger partial charge on any atom is -0.386 e. The van der Waals surface area contributed by atoms with Crippen LogP contribution in [0.15, 0.2) is 48.8 Å². The van der Waals surface area contributed by atoms with Gasteiger partial charge in [-0.2, -0.15) is 0 Å². The minimum atomic E-state index is -0.225. The number of aromatic nitrogens is 2. The highest BCUT2D eigenvalue weighted by atomic mass is 35.5. The number of aromatic amines is 1. The summed E-state index contributed by atoms with van der Waals surface area (Å²) in [5.41, 5.74) is 4.83. The van der Waals surface area contributed by atoms with Crippen LogP contribution in [-0.4, -0.2) is 17.0 Å². The van der Waals surface area contributed by atoms with Crippen LogP contribution in [-0.2, 0) is 6.42 Å². The number of aryl methyl sites for hydroxylation is 2. The third kappa shape index (κ3) is 4.58. The first-order chi connectivity index (χ1) is 12.5. The van der Waals surface area contributed by atoms with E-state index in [4.69, 9.17) is 11.6 Å². The number of fused-ring (bicyclic) bond motifs is 2. The Morgan fingerprint density at radius 1 is 1.19 bits per heavy atom. The lowest BCUT2D eigenvalue weighted by atomic mass is 10.1. The number of nitrogens with zero attached hydrogens (tertiary/aromatic N) is 1. The molecule has 0 saturated heterocycles. The Morgan fingerprint density at radius 3 is 2.67 bits per heavy atom. The maximum Gasteiger partial charge on any atom is 0.148 e. The molecule has 0 bridgehead atoms. The molecule has 0 aliphatic rings. The van der Waals surface area contributed by atoms with E-state index < -0.39 is 0 Å². The van der Waals surface area contributed by atoms with Crippen molar-refractivity contribution < 1.29 is 4.39 Å². The van der Waals surface area contributed by atoms with Gasteiger partial charge in [-0.1, -0.05) is 32.0 Å². The second kappa shape index (κ2) is 8.87. The van der Waals surface area contributed by atoms with Gasteiger partial charge in [-0.15, -0.1) is 0 Å². The molecule has 0 radical (unpaired) electrons. The fourth-order valence-corrected chi connectivity index (χ4v) is 3.01. The molecule has 2 aromatic heterocycles. The molecule has 0 unspecified atom stereocenters. The average molecular weight is 386 g/mol. The molecule has 142 valence electrons. The fraction of sp³-hybridized carbons (Fsp3) is 0.227. The molecule has 0 saturated carbocycles. The van der Waals surface area contributed by atoms with E-state index in [0.717, 1.165) is 33.8 Å². The molecular weight excluding hydrogens is 361 g/mol. The second-order valence-electron chi connectivity index (χ2n) is 6.13. The summed E-state index contributed by atoms with van der Waals surface area (Å²) in [6.45, 7) is 4.13. The molecule has 4 rings (SSSR count). The van der Waals surface area contributed by atoms with E-state index in [1.165, 1.54) is 11.6 Å². The van der Waals surface area contributed by atoms with E-state index in [-0.39, 0.29) is 13.2 Å². The zero-order valence-electron chi connectivity index (χ0n) is 15.0. The monoisotopic (exact) mass is 385 g/mol. The van der Waals surface area contributed by atoms with Gasteiger partial charge in [0.05, 0.1) is 16.2 Å². The molecule has 4 aromatic rings. The van der Waals surface area contributed by atoms with Crippen LogP contribution in [0.3, 0.4) is 0 Å². The number of hydrogen-bond donors (Lipinski definition) is 2. The Bertz CT molecular complexity index is 1060. The van der Waals surface area contributed by atoms with Crippen molar-refractivity contribution in [2.24, 2.45) is 0 Å². The Kier molecular flexibility index (Phi) is 6.81. The summed E-state index contributed by atoms with van der Waals surface area (Å²) in [6, 6.07) is 11.5. The highest BCUT2D eigenvalue weighted by Crippen LogP contribution is 2.24. The normalized spacial score (nSPS) is 10.3. The lowest BCUT2D eigenvalue weighted by molar-refractivity contribution is 0.633. The van der Waals surface area contributed by atoms with E-state index in [1.807, 2.05) is 31.3 Å². The number of H-pyrrole nitrogens is 1. The summed E-state index contributed by atoms with van der Waals surface area (Å²) in [5, 5.41) is 5.69. The first-order valence-electron chi connectivity index (χ1n) is 8.51. The van der Waals surface area contributed by atoms with Crippen molar-refractivity contribution in [1.82, 2.24) is 9.97 Å². The van der Waals surface area contributed by atoms with Crippen LogP contribution in [0.4, 0.5) is 10.1 Å². The first-order valence-corrected chi connectivity index (χ1v) is 8.88. The minimum absolute atomic E-state index is 0. The number of hydrogen-bond acceptors (Lipinski definition) is 2. The van der Waals surface area contributed by atoms with Gasteiger partial charge in [0.15, 0.2) is 0 Å². The van der Waals surface area contributed by atoms with Crippen molar-refractivity contribution in [1.29, 1.82) is 0 Å². The predicted molar refractivity (Wildman–Crippen MR) is 115 cm³/mol. The average Bonchev–Trinajstić information content (AvgIpc) is 3.00. The van der Waals surface area contributed by atoms with Crippen molar-refractivity contribution in [2.45, 2.75) is 27.7 Å². The van der Waals surface area contributed by atoms with Crippen LogP contribution in [0, 0.1) is 12.7 Å². The number of halogens is 2. The lowest BCUT2D eigenvalue weighted by Gasteiger charge is -2.02. The summed E-state index contributed by atoms with van der Waals surface area (Å²) in [5.74, 6) is -0.225. The third-order valence-electron chi connectivity index (χ3n) is 4.37. The highest BCUT2D eigenvalue weighted by molar-refractivity contribution is 6.31. The Morgan fingerprint density at radius 2 is 1.96 bits per heavy atom. The maximum atomic E-state index is 13.2. The molecule has 0 spiro atoms. The topological polar surface area (TPSA) is 40.7 Å². The molecular formula is C22H25ClFN3. The third-order valence-corrected chi connectivity index (χ3v) is 4.57. The number of rotatable bonds is 2. The molecule has 5 heteroatoms. The van der Waals surface area contributed by atoms with Gasteiger partial charge in [0.2, 0.25) is 0 Å². The summed E-state index contributed by atoms with van der Waals surface area (Å²) < 4.78 is 13.2. The van der Waals surface area contributed by atoms with Gasteiger partial charge in [-0.05, 0) is 48.7 Å². The van der Waals surface area contributed by atoms with Crippen molar-refractivity contribution in [3.8, 4) is 0 Å². The molecule has 2 aromatic carbocycles. The number of pyridine rings is 1. The van der Waals surface area contributed by atoms with Gasteiger partial charge in [-0.3, -0.25) is 4.98 Å². The van der Waals surface area contributed by atoms with E-state index in [1.54, 1.807) is 13.2 Å². The smallest absolute Gasteiger partial charge is 0.148 e. The number of benzene rings is 2. The summed E-state index contributed by atoms with van der Waals surface area (Å²) >= 11 is 5.85. The standard InChI is InChI=1S/C11H10ClN.C10H11FN2.CH4/c1-2-8-3-4-11-9(5-8)6-10(12)7-13-11;1-6-5-13-9-4-8(11)10(12-2)3-7(6)9;/h3-7H,2H2,1H3;3-5,12-13H,1-2H3;1H4. The zero-order chi connectivity index (χ0) is 18.7. The van der Waals surface area contributed by atoms with Crippen molar-refractivity contribution in [3.05, 3.63) is 70.8 Å². The summed E-state index contributed by atoms with van der Waals surface area (Å²) in [7, 11) is 1.71. The van der Waals surface area contributed by atoms with Gasteiger partial charge in [-0.25, -0.2) is 4.39 Å². The summed E-state index contributed by atoms with van der Waals surface area (Å²) in [4.78, 5) is 7.24. The van der Waals surface area contributed by atoms with Gasteiger partial charge < -0.3 is 10.3 Å². The van der Waals surface area contributed by atoms with E-state index in [9.17, 15) is 4.39 Å². The SMILES string of the molecule is C.CCc1ccc2ncc(Cl)cc2c1.CNc1cc2c(C)c[nH]c2cc1F. The van der Waals surface area contributed by atoms with E-state index in [2.05, 4.69) is 34.3 Å². The number of anilines is 1. The van der Waals surface area contributed by atoms with E-state index >= 15 is 0 Å². The molecule has 0 atom stereocenters. The molecule has 0 aliphatic heterocycles. The number of nitrogens with one attached hydrogen (secondary N) is 2. The second-order valence-corrected chi connectivity index (χ2v) is 6.57. The van der Waals surface area contributed by atoms with Crippen LogP contribution in [0.2, 0.25) is 5.02 Å². The Hall–Kier alpha value is -2.59. The van der Waals surface area contributed by atoms with E-state index in [0.29, 0.717) is 10.7 Å². The molecule has 27 heavy (non-hydrogen) atoms. The molecule has 0 amide bonds. The largest absolute Gasteiger partial charge is 0.386 e. The van der Waals surface area contributed by atoms with Crippen molar-refractivity contribution >= 4 is 39.1 Å². The first kappa shape index (κ1) is 20.7. The van der Waals surface area contributed by atoms with Crippen LogP contribution in [0.25, 0.3) is 21.8 Å². The fourth-order valence-electron chi connectivity index (χ4n) is 2.85. The van der Waals surface area contributed by atoms with Gasteiger partial charge in [0, 0.05) is 41.8 Å². The van der Waals surface area contributed by atoms with Crippen LogP contribution in [0.5, 0.6) is 0 Å². The van der Waals surface area contributed by atoms with Crippen molar-refractivity contribution in [2.75, 3.05) is 12.4 Å². The highest BCUT2D eigenvalue weighted by Gasteiger charge is 2.05. The van der Waals surface area contributed by atoms with Gasteiger partial charge in [0.1, 0.15) is 5.82 Å². The summed E-state index contributed by atoms with van der Waals surface area (Å²) in [6.07, 6.45) is 4.60. The predicted octanol–water partition coefficient (Wildman–Crippen LogP) is 6.74. The molecule has 2 heterocycles. The Balaban J connectivity index is 0.000000187. The maximum absolute atomic E-state index is 13.2. The van der Waals surface area contributed by atoms with Crippen LogP contribution >= 0.6 is 11.6 Å². The molecule has 2 N–H and O–H groups in total. The molecule has 3 nitrogen and oxygen atoms in total. The van der Waals surface area contributed by atoms with Gasteiger partial charge in [0.25, 0.3) is 0 Å². The Labute approximate surface area is 164 Å². The van der Waals surface area contributed by atoms with Crippen molar-refractivity contribution in [3.63, 3.8) is 0 Å². The zero-order valence-corrected chi connectivity index (χ0v) is 15.8. The molecule has 0 fully saturated rings. The van der Waals surface area contributed by atoms with Gasteiger partial charge >= 0.3 is 0 Å². The lowest BCUT2D eigenvalue weighted by Crippen LogP contribution is -1.91. The van der Waals surface area contributed by atoms with Crippen LogP contribution < -0.4 is 5.32 Å².